The molecule has 0 aromatic heterocycles. The maximum atomic E-state index is 14.3. The molecule has 0 bridgehead atoms. The molecule has 0 aromatic carbocycles. The fraction of sp³-hybridized carbons (Fsp3) is 0.943. The van der Waals surface area contributed by atoms with Gasteiger partial charge in [-0.05, 0) is 73.5 Å². The summed E-state index contributed by atoms with van der Waals surface area (Å²) in [6.07, 6.45) is -33.9. The van der Waals surface area contributed by atoms with Crippen LogP contribution in [0.15, 0.2) is 11.6 Å². The summed E-state index contributed by atoms with van der Waals surface area (Å²) in [5.74, 6) is -3.07. The number of carbonyl (C=O) groups is 1. The van der Waals surface area contributed by atoms with Crippen molar-refractivity contribution >= 4 is 5.97 Å². The van der Waals surface area contributed by atoms with E-state index in [4.69, 9.17) is 37.9 Å². The number of aliphatic hydroxyl groups is 15. The number of hydrogen-bond acceptors (Lipinski definition) is 24. The number of carboxylic acid groups (broad SMARTS) is 1. The van der Waals surface area contributed by atoms with Gasteiger partial charge in [0, 0.05) is 16.7 Å². The predicted molar refractivity (Wildman–Crippen MR) is 261 cm³/mol. The lowest BCUT2D eigenvalue weighted by Crippen LogP contribution is -2.76. The molecular formula is C53H86O25. The number of aliphatic hydroxyl groups excluding tert-OH is 15. The van der Waals surface area contributed by atoms with Crippen LogP contribution in [0.25, 0.3) is 0 Å². The van der Waals surface area contributed by atoms with E-state index in [0.717, 1.165) is 0 Å². The van der Waals surface area contributed by atoms with Crippen LogP contribution in [0, 0.1) is 50.2 Å². The van der Waals surface area contributed by atoms with Gasteiger partial charge in [-0.25, -0.2) is 0 Å². The summed E-state index contributed by atoms with van der Waals surface area (Å²) in [4.78, 5) is 14.3. The molecule has 4 aliphatic heterocycles. The summed E-state index contributed by atoms with van der Waals surface area (Å²) in [7, 11) is 0. The van der Waals surface area contributed by atoms with Gasteiger partial charge in [0.25, 0.3) is 0 Å². The Labute approximate surface area is 452 Å². The van der Waals surface area contributed by atoms with Crippen molar-refractivity contribution in [3.8, 4) is 0 Å². The lowest BCUT2D eigenvalue weighted by Gasteiger charge is -2.73. The van der Waals surface area contributed by atoms with Crippen LogP contribution in [0.3, 0.4) is 0 Å². The summed E-state index contributed by atoms with van der Waals surface area (Å²) >= 11 is 0. The average Bonchev–Trinajstić information content (AvgIpc) is 3.79. The number of aliphatic carboxylic acids is 1. The molecule has 4 heterocycles. The highest BCUT2D eigenvalue weighted by molar-refractivity contribution is 5.78. The molecule has 4 saturated carbocycles. The maximum Gasteiger partial charge on any atom is 0.313 e. The highest BCUT2D eigenvalue weighted by Gasteiger charge is 2.77. The summed E-state index contributed by atoms with van der Waals surface area (Å²) in [6.45, 7) is 12.6. The fourth-order valence-electron chi connectivity index (χ4n) is 16.6. The average molecular weight is 1120 g/mol. The fourth-order valence-corrected chi connectivity index (χ4v) is 16.6. The van der Waals surface area contributed by atoms with Crippen molar-refractivity contribution in [1.29, 1.82) is 0 Å². The van der Waals surface area contributed by atoms with E-state index in [1.165, 1.54) is 6.92 Å². The Bertz CT molecular complexity index is 2190. The van der Waals surface area contributed by atoms with Crippen molar-refractivity contribution in [2.75, 3.05) is 19.8 Å². The van der Waals surface area contributed by atoms with Gasteiger partial charge in [0.05, 0.1) is 50.3 Å². The number of fused-ring (bicyclic) bond motifs is 7. The molecule has 448 valence electrons. The molecule has 31 unspecified atom stereocenters. The first-order chi connectivity index (χ1) is 36.4. The number of hydrogen-bond donors (Lipinski definition) is 16. The van der Waals surface area contributed by atoms with Crippen LogP contribution in [0.5, 0.6) is 0 Å². The number of rotatable bonds is 12. The number of carboxylic acids is 1. The van der Waals surface area contributed by atoms with Crippen molar-refractivity contribution in [3.05, 3.63) is 11.6 Å². The van der Waals surface area contributed by atoms with Gasteiger partial charge in [-0.15, -0.1) is 0 Å². The summed E-state index contributed by atoms with van der Waals surface area (Å²) in [5.41, 5.74) is -6.44. The SMILES string of the molecule is CC1OC(OC2C(O)C(CO)OC(OC3CCC4(C)C(CCC5(C)C4CC=C4C6C(O)C(C)(C)C(O)C(OC7OC(CO)C(O)C(OC8OC(CO)C(O)C8O)C7O)C6(C(=O)O)CC(O)C45C)C3(C)C)C2O)C(O)C(O)C1O. The third-order valence-corrected chi connectivity index (χ3v) is 21.6. The van der Waals surface area contributed by atoms with Crippen LogP contribution < -0.4 is 0 Å². The van der Waals surface area contributed by atoms with E-state index in [2.05, 4.69) is 27.7 Å². The molecule has 78 heavy (non-hydrogen) atoms. The van der Waals surface area contributed by atoms with Gasteiger partial charge in [-0.2, -0.15) is 0 Å². The Hall–Kier alpha value is -1.71. The van der Waals surface area contributed by atoms with Crippen LogP contribution >= 0.6 is 0 Å². The molecule has 0 amide bonds. The van der Waals surface area contributed by atoms with Gasteiger partial charge in [0.1, 0.15) is 97.0 Å². The molecule has 5 aliphatic carbocycles. The molecule has 8 fully saturated rings. The number of allylic oxidation sites excluding steroid dienone is 1. The Morgan fingerprint density at radius 1 is 0.564 bits per heavy atom. The van der Waals surface area contributed by atoms with Crippen molar-refractivity contribution in [3.63, 3.8) is 0 Å². The zero-order valence-electron chi connectivity index (χ0n) is 45.4. The second kappa shape index (κ2) is 21.4. The Kier molecular flexibility index (Phi) is 16.7. The summed E-state index contributed by atoms with van der Waals surface area (Å²) in [6, 6.07) is 0. The Balaban J connectivity index is 0.991. The van der Waals surface area contributed by atoms with E-state index < -0.39 is 218 Å². The first-order valence-corrected chi connectivity index (χ1v) is 27.5. The molecule has 0 aromatic rings. The lowest BCUT2D eigenvalue weighted by atomic mass is 9.32. The molecule has 9 aliphatic rings. The third-order valence-electron chi connectivity index (χ3n) is 21.6. The van der Waals surface area contributed by atoms with Gasteiger partial charge in [0.2, 0.25) is 0 Å². The van der Waals surface area contributed by atoms with Crippen LogP contribution in [-0.4, -0.2) is 255 Å². The normalized spacial score (nSPS) is 55.7. The van der Waals surface area contributed by atoms with Crippen molar-refractivity contribution in [2.45, 2.75) is 241 Å². The Morgan fingerprint density at radius 3 is 1.59 bits per heavy atom. The van der Waals surface area contributed by atoms with E-state index in [0.29, 0.717) is 37.7 Å². The van der Waals surface area contributed by atoms with Crippen molar-refractivity contribution < 1.29 is 124 Å². The Morgan fingerprint density at radius 2 is 1.06 bits per heavy atom. The molecule has 4 saturated heterocycles. The molecule has 9 rings (SSSR count). The lowest BCUT2D eigenvalue weighted by molar-refractivity contribution is -0.368. The highest BCUT2D eigenvalue weighted by atomic mass is 16.8. The van der Waals surface area contributed by atoms with E-state index in [9.17, 15) is 86.5 Å². The predicted octanol–water partition coefficient (Wildman–Crippen LogP) is -3.92. The van der Waals surface area contributed by atoms with E-state index in [1.807, 2.05) is 13.0 Å². The van der Waals surface area contributed by atoms with Crippen LogP contribution in [0.4, 0.5) is 0 Å². The first-order valence-electron chi connectivity index (χ1n) is 27.5. The minimum Gasteiger partial charge on any atom is -0.481 e. The van der Waals surface area contributed by atoms with Gasteiger partial charge < -0.3 is 120 Å². The van der Waals surface area contributed by atoms with E-state index in [1.54, 1.807) is 13.8 Å². The van der Waals surface area contributed by atoms with E-state index >= 15 is 0 Å². The van der Waals surface area contributed by atoms with Crippen LogP contribution in [-0.2, 0) is 42.7 Å². The summed E-state index contributed by atoms with van der Waals surface area (Å²) in [5, 5.41) is 178. The van der Waals surface area contributed by atoms with Crippen LogP contribution in [0.1, 0.15) is 93.9 Å². The monoisotopic (exact) mass is 1120 g/mol. The van der Waals surface area contributed by atoms with Gasteiger partial charge in [-0.1, -0.05) is 60.1 Å². The van der Waals surface area contributed by atoms with Crippen molar-refractivity contribution in [2.24, 2.45) is 50.2 Å². The van der Waals surface area contributed by atoms with Crippen LogP contribution in [0.2, 0.25) is 0 Å². The molecule has 16 N–H and O–H groups in total. The standard InChI is InChI=1S/C53H86O25/c1-19-29(58)33(62)35(64)43(71-19)76-38-31(60)22(17-55)73-45(36(38)65)75-27-12-13-50(6)24(48(27,2)3)11-14-51(7)25(50)10-9-20-28-40(67)49(4,5)41(68)42(53(28,47(69)70)15-26(57)52(20,51)8)78-46-37(66)39(32(61)23(18-56)74-46)77-44-34(63)30(59)21(16-54)72-44/h9,19,21-46,54-68H,10-18H2,1-8H3,(H,69,70). The molecule has 25 nitrogen and oxygen atoms in total. The molecule has 0 spiro atoms. The van der Waals surface area contributed by atoms with E-state index in [-0.39, 0.29) is 11.8 Å². The number of ether oxygens (including phenoxy) is 8. The van der Waals surface area contributed by atoms with Gasteiger partial charge in [0.15, 0.2) is 25.2 Å². The molecule has 31 atom stereocenters. The molecule has 25 heteroatoms. The smallest absolute Gasteiger partial charge is 0.313 e. The minimum atomic E-state index is -2.31. The maximum absolute atomic E-state index is 14.3. The second-order valence-electron chi connectivity index (χ2n) is 26.0. The zero-order valence-corrected chi connectivity index (χ0v) is 45.4. The molecule has 0 radical (unpaired) electrons. The quantitative estimate of drug-likeness (QED) is 0.0656. The largest absolute Gasteiger partial charge is 0.481 e. The third kappa shape index (κ3) is 8.94. The summed E-state index contributed by atoms with van der Waals surface area (Å²) < 4.78 is 47.6. The minimum absolute atomic E-state index is 0.0702. The van der Waals surface area contributed by atoms with Crippen molar-refractivity contribution in [1.82, 2.24) is 0 Å². The van der Waals surface area contributed by atoms with Gasteiger partial charge >= 0.3 is 5.97 Å². The zero-order chi connectivity index (χ0) is 57.5. The molecular weight excluding hydrogens is 1040 g/mol. The first kappa shape index (κ1) is 60.9. The second-order valence-corrected chi connectivity index (χ2v) is 26.0. The van der Waals surface area contributed by atoms with Gasteiger partial charge in [-0.3, -0.25) is 4.79 Å². The highest BCUT2D eigenvalue weighted by Crippen LogP contribution is 2.76. The topological polar surface area (TPSA) is 415 Å².